The molecule has 3 N–H and O–H groups in total. The number of carbonyl (C=O) groups excluding carboxylic acids is 2. The summed E-state index contributed by atoms with van der Waals surface area (Å²) in [5.41, 5.74) is 9.22. The van der Waals surface area contributed by atoms with E-state index in [1.807, 2.05) is 0 Å². The Kier molecular flexibility index (Phi) is 28.0. The average Bonchev–Trinajstić information content (AvgIpc) is 3.69. The first-order valence-corrected chi connectivity index (χ1v) is 24.3. The van der Waals surface area contributed by atoms with Crippen LogP contribution in [-0.2, 0) is 58.4 Å². The Morgan fingerprint density at radius 1 is 0.638 bits per heavy atom. The molecule has 11 nitrogen and oxygen atoms in total. The van der Waals surface area contributed by atoms with Crippen LogP contribution in [0.1, 0.15) is 195 Å². The van der Waals surface area contributed by atoms with Crippen molar-refractivity contribution in [3.05, 3.63) is 45.8 Å². The number of furan rings is 2. The molecule has 0 aliphatic carbocycles. The van der Waals surface area contributed by atoms with Gasteiger partial charge in [-0.2, -0.15) is 0 Å². The van der Waals surface area contributed by atoms with E-state index in [9.17, 15) is 19.0 Å². The minimum Gasteiger partial charge on any atom is -0.466 e. The first kappa shape index (κ1) is 51.7. The van der Waals surface area contributed by atoms with Crippen molar-refractivity contribution in [2.75, 3.05) is 26.4 Å². The van der Waals surface area contributed by atoms with Crippen molar-refractivity contribution in [3.8, 4) is 0 Å². The quantitative estimate of drug-likeness (QED) is 0.0378. The van der Waals surface area contributed by atoms with Gasteiger partial charge in [-0.1, -0.05) is 104 Å². The van der Waals surface area contributed by atoms with Crippen molar-refractivity contribution in [2.24, 2.45) is 5.73 Å². The van der Waals surface area contributed by atoms with Gasteiger partial charge in [-0.15, -0.1) is 0 Å². The van der Waals surface area contributed by atoms with E-state index in [0.717, 1.165) is 101 Å². The lowest BCUT2D eigenvalue weighted by Crippen LogP contribution is -2.29. The molecular formula is C46H80NO10P. The van der Waals surface area contributed by atoms with Gasteiger partial charge >= 0.3 is 19.8 Å². The fraction of sp³-hybridized carbons (Fsp3) is 0.783. The fourth-order valence-corrected chi connectivity index (χ4v) is 7.93. The highest BCUT2D eigenvalue weighted by atomic mass is 31.2. The summed E-state index contributed by atoms with van der Waals surface area (Å²) in [6, 6.07) is 2.22. The lowest BCUT2D eigenvalue weighted by molar-refractivity contribution is -0.161. The van der Waals surface area contributed by atoms with E-state index in [2.05, 4.69) is 40.7 Å². The van der Waals surface area contributed by atoms with Crippen molar-refractivity contribution >= 4 is 19.8 Å². The van der Waals surface area contributed by atoms with Crippen LogP contribution in [0.2, 0.25) is 0 Å². The molecule has 1 unspecified atom stereocenters. The number of aryl methyl sites for hydroxylation is 5. The van der Waals surface area contributed by atoms with Crippen molar-refractivity contribution in [1.29, 1.82) is 0 Å². The van der Waals surface area contributed by atoms with Crippen LogP contribution in [0.25, 0.3) is 0 Å². The van der Waals surface area contributed by atoms with Crippen molar-refractivity contribution in [1.82, 2.24) is 0 Å². The molecule has 2 atom stereocenters. The van der Waals surface area contributed by atoms with Crippen LogP contribution >= 0.6 is 7.82 Å². The average molecular weight is 838 g/mol. The summed E-state index contributed by atoms with van der Waals surface area (Å²) < 4.78 is 45.1. The normalized spacial score (nSPS) is 13.2. The molecule has 2 aromatic rings. The predicted molar refractivity (Wildman–Crippen MR) is 231 cm³/mol. The van der Waals surface area contributed by atoms with Crippen LogP contribution in [0.5, 0.6) is 0 Å². The van der Waals surface area contributed by atoms with Crippen LogP contribution in [0.15, 0.2) is 14.9 Å². The molecule has 0 spiro atoms. The largest absolute Gasteiger partial charge is 0.472 e. The summed E-state index contributed by atoms with van der Waals surface area (Å²) in [5.74, 6) is 3.67. The number of rotatable bonds is 37. The van der Waals surface area contributed by atoms with E-state index in [0.29, 0.717) is 12.8 Å². The Labute approximate surface area is 350 Å². The highest BCUT2D eigenvalue weighted by Gasteiger charge is 2.26. The number of phosphoric ester groups is 1. The van der Waals surface area contributed by atoms with Gasteiger partial charge in [-0.3, -0.25) is 18.6 Å². The first-order valence-electron chi connectivity index (χ1n) is 22.8. The number of phosphoric acid groups is 1. The van der Waals surface area contributed by atoms with Crippen molar-refractivity contribution < 1.29 is 46.4 Å². The molecule has 0 saturated heterocycles. The van der Waals surface area contributed by atoms with Crippen LogP contribution in [0.4, 0.5) is 0 Å². The van der Waals surface area contributed by atoms with Gasteiger partial charge in [0, 0.05) is 45.1 Å². The van der Waals surface area contributed by atoms with Gasteiger partial charge in [-0.25, -0.2) is 4.57 Å². The van der Waals surface area contributed by atoms with Gasteiger partial charge in [0.25, 0.3) is 0 Å². The van der Waals surface area contributed by atoms with Gasteiger partial charge in [0.1, 0.15) is 29.6 Å². The van der Waals surface area contributed by atoms with Crippen LogP contribution < -0.4 is 5.73 Å². The third-order valence-electron chi connectivity index (χ3n) is 10.8. The van der Waals surface area contributed by atoms with Gasteiger partial charge < -0.3 is 28.9 Å². The number of esters is 2. The second-order valence-electron chi connectivity index (χ2n) is 16.1. The maximum atomic E-state index is 12.7. The Morgan fingerprint density at radius 2 is 1.16 bits per heavy atom. The maximum absolute atomic E-state index is 12.7. The van der Waals surface area contributed by atoms with E-state index in [4.69, 9.17) is 33.1 Å². The number of nitrogens with two attached hydrogens (primary N) is 1. The van der Waals surface area contributed by atoms with Gasteiger partial charge in [0.05, 0.1) is 13.2 Å². The second kappa shape index (κ2) is 31.4. The van der Waals surface area contributed by atoms with E-state index < -0.39 is 32.5 Å². The summed E-state index contributed by atoms with van der Waals surface area (Å²) >= 11 is 0. The number of hydrogen-bond donors (Lipinski definition) is 2. The van der Waals surface area contributed by atoms with Crippen molar-refractivity contribution in [3.63, 3.8) is 0 Å². The van der Waals surface area contributed by atoms with Gasteiger partial charge in [0.15, 0.2) is 6.10 Å². The summed E-state index contributed by atoms with van der Waals surface area (Å²) in [6.45, 7) is 10.0. The monoisotopic (exact) mass is 838 g/mol. The van der Waals surface area contributed by atoms with E-state index in [1.54, 1.807) is 0 Å². The Bertz CT molecular complexity index is 1440. The summed E-state index contributed by atoms with van der Waals surface area (Å²) in [4.78, 5) is 35.1. The molecular weight excluding hydrogens is 757 g/mol. The number of carbonyl (C=O) groups is 2. The minimum atomic E-state index is -4.40. The van der Waals surface area contributed by atoms with E-state index in [-0.39, 0.29) is 32.6 Å². The summed E-state index contributed by atoms with van der Waals surface area (Å²) in [6.07, 6.45) is 25.2. The Balaban J connectivity index is 1.56. The summed E-state index contributed by atoms with van der Waals surface area (Å²) in [7, 11) is -4.40. The maximum Gasteiger partial charge on any atom is 0.472 e. The summed E-state index contributed by atoms with van der Waals surface area (Å²) in [5, 5.41) is 0. The third-order valence-corrected chi connectivity index (χ3v) is 11.8. The zero-order chi connectivity index (χ0) is 42.4. The number of hydrogen-bond acceptors (Lipinski definition) is 10. The molecule has 0 aromatic carbocycles. The van der Waals surface area contributed by atoms with Gasteiger partial charge in [0.2, 0.25) is 0 Å². The molecule has 0 amide bonds. The Morgan fingerprint density at radius 3 is 1.72 bits per heavy atom. The molecule has 0 bridgehead atoms. The molecule has 12 heteroatoms. The fourth-order valence-electron chi connectivity index (χ4n) is 7.17. The van der Waals surface area contributed by atoms with Crippen molar-refractivity contribution in [2.45, 2.75) is 208 Å². The van der Waals surface area contributed by atoms with Crippen LogP contribution in [0.3, 0.4) is 0 Å². The zero-order valence-corrected chi connectivity index (χ0v) is 37.9. The molecule has 0 radical (unpaired) electrons. The second-order valence-corrected chi connectivity index (χ2v) is 17.5. The lowest BCUT2D eigenvalue weighted by Gasteiger charge is -2.19. The minimum absolute atomic E-state index is 0.0423. The highest BCUT2D eigenvalue weighted by Crippen LogP contribution is 2.43. The van der Waals surface area contributed by atoms with E-state index >= 15 is 0 Å². The standard InChI is InChI=1S/C46H80NO10P/c1-6-8-21-27-40-34-37(3)42(55-40)28-22-17-13-11-9-10-12-14-19-24-30-45(48)52-35-41(36-54-58(50,51)53-33-32-47)56-46(49)31-25-20-16-15-18-23-29-44-39(5)38(4)43(57-44)26-7-2/h34,41H,6-33,35-36,47H2,1-5H3,(H,50,51)/t41-/m1/s1. The topological polar surface area (TPSA) is 161 Å². The molecule has 58 heavy (non-hydrogen) atoms. The van der Waals surface area contributed by atoms with Crippen LogP contribution in [-0.4, -0.2) is 49.3 Å². The third kappa shape index (κ3) is 23.4. The lowest BCUT2D eigenvalue weighted by atomic mass is 10.0. The molecule has 334 valence electrons. The molecule has 2 heterocycles. The molecule has 0 aliphatic rings. The van der Waals surface area contributed by atoms with E-state index in [1.165, 1.54) is 80.2 Å². The zero-order valence-electron chi connectivity index (χ0n) is 37.0. The molecule has 2 aromatic heterocycles. The molecule has 0 saturated carbocycles. The predicted octanol–water partition coefficient (Wildman–Crippen LogP) is 11.8. The smallest absolute Gasteiger partial charge is 0.466 e. The SMILES string of the molecule is CCCCCc1cc(C)c(CCCCCCCCCCCCC(=O)OC[C@H](COP(=O)(O)OCCN)OC(=O)CCCCCCCCc2oc(CCC)c(C)c2C)o1. The first-order chi connectivity index (χ1) is 28.0. The number of unbranched alkanes of at least 4 members (excludes halogenated alkanes) is 16. The molecule has 0 fully saturated rings. The van der Waals surface area contributed by atoms with Crippen LogP contribution in [0, 0.1) is 20.8 Å². The van der Waals surface area contributed by atoms with Gasteiger partial charge in [-0.05, 0) is 82.1 Å². The molecule has 0 aliphatic heterocycles. The Hall–Kier alpha value is -2.43. The molecule has 2 rings (SSSR count). The highest BCUT2D eigenvalue weighted by molar-refractivity contribution is 7.47. The number of ether oxygens (including phenoxy) is 2.